The molecule has 8 heteroatoms. The summed E-state index contributed by atoms with van der Waals surface area (Å²) in [5.41, 5.74) is 8.71. The van der Waals surface area contributed by atoms with E-state index in [-0.39, 0.29) is 18.0 Å². The molecule has 0 unspecified atom stereocenters. The fourth-order valence-electron chi connectivity index (χ4n) is 4.25. The van der Waals surface area contributed by atoms with E-state index in [1.165, 1.54) is 12.3 Å². The average molecular weight is 442 g/mol. The van der Waals surface area contributed by atoms with Crippen LogP contribution in [0.15, 0.2) is 53.8 Å². The number of hydrogen-bond donors (Lipinski definition) is 1. The third kappa shape index (κ3) is 3.20. The maximum atomic E-state index is 13.3. The normalized spacial score (nSPS) is 21.5. The lowest BCUT2D eigenvalue weighted by Crippen LogP contribution is -2.38. The first-order chi connectivity index (χ1) is 15.9. The zero-order valence-electron chi connectivity index (χ0n) is 17.8. The van der Waals surface area contributed by atoms with Crippen molar-refractivity contribution in [1.29, 1.82) is 0 Å². The Kier molecular flexibility index (Phi) is 4.19. The number of pyridine rings is 2. The van der Waals surface area contributed by atoms with Gasteiger partial charge in [0.2, 0.25) is 5.95 Å². The number of hydrogen-bond acceptors (Lipinski definition) is 7. The van der Waals surface area contributed by atoms with E-state index >= 15 is 0 Å². The molecule has 6 rings (SSSR count). The van der Waals surface area contributed by atoms with E-state index in [2.05, 4.69) is 28.7 Å². The molecule has 0 bridgehead atoms. The molecule has 33 heavy (non-hydrogen) atoms. The van der Waals surface area contributed by atoms with E-state index in [0.29, 0.717) is 30.4 Å². The number of nitrogens with zero attached hydrogens (tertiary/aromatic N) is 3. The van der Waals surface area contributed by atoms with Gasteiger partial charge in [-0.2, -0.15) is 4.39 Å². The molecule has 0 aliphatic carbocycles. The van der Waals surface area contributed by atoms with Gasteiger partial charge in [-0.15, -0.1) is 0 Å². The molecule has 1 aromatic carbocycles. The Morgan fingerprint density at radius 3 is 2.48 bits per heavy atom. The highest BCUT2D eigenvalue weighted by Crippen LogP contribution is 2.51. The number of aliphatic imine (C=N–C) groups is 1. The Labute approximate surface area is 189 Å². The predicted molar refractivity (Wildman–Crippen MR) is 118 cm³/mol. The number of aromatic nitrogens is 2. The van der Waals surface area contributed by atoms with Crippen molar-refractivity contribution < 1.29 is 18.6 Å². The zero-order chi connectivity index (χ0) is 22.6. The molecule has 0 saturated carbocycles. The summed E-state index contributed by atoms with van der Waals surface area (Å²) in [6, 6.07) is 10.7. The molecular weight excluding hydrogens is 423 g/mol. The summed E-state index contributed by atoms with van der Waals surface area (Å²) in [7, 11) is 0. The minimum absolute atomic E-state index is 0.103. The third-order valence-corrected chi connectivity index (χ3v) is 6.08. The SMILES string of the molecule is CC1(C#Cc2cc3c(cn2)Oc2ccc(-c4ccc(F)nc4)cc2[C@@]32COC(N)=N2)COC1. The van der Waals surface area contributed by atoms with Gasteiger partial charge in [-0.05, 0) is 48.7 Å². The Bertz CT molecular complexity index is 1370. The van der Waals surface area contributed by atoms with Crippen molar-refractivity contribution in [2.75, 3.05) is 19.8 Å². The van der Waals surface area contributed by atoms with Crippen LogP contribution in [0.25, 0.3) is 11.1 Å². The minimum Gasteiger partial charge on any atom is -0.462 e. The highest BCUT2D eigenvalue weighted by atomic mass is 19.1. The number of fused-ring (bicyclic) bond motifs is 4. The van der Waals surface area contributed by atoms with Gasteiger partial charge in [-0.25, -0.2) is 15.0 Å². The maximum Gasteiger partial charge on any atom is 0.283 e. The standard InChI is InChI=1S/C25H19FN4O3/c1-24(12-31-13-24)7-6-17-9-19-21(11-28-17)33-20-4-2-15(16-3-5-22(26)29-10-16)8-18(20)25(19)14-32-23(27)30-25/h2-5,8-11H,12-14H2,1H3,(H2,27,30)/t25-/m0/s1. The van der Waals surface area contributed by atoms with Gasteiger partial charge in [0.15, 0.2) is 11.3 Å². The highest BCUT2D eigenvalue weighted by molar-refractivity contribution is 5.78. The Balaban J connectivity index is 1.48. The van der Waals surface area contributed by atoms with Crippen LogP contribution in [-0.4, -0.2) is 35.8 Å². The van der Waals surface area contributed by atoms with E-state index in [1.54, 1.807) is 12.3 Å². The van der Waals surface area contributed by atoms with Gasteiger partial charge in [0, 0.05) is 22.9 Å². The van der Waals surface area contributed by atoms with Crippen molar-refractivity contribution in [2.24, 2.45) is 16.1 Å². The lowest BCUT2D eigenvalue weighted by molar-refractivity contribution is -0.0648. The second-order valence-electron chi connectivity index (χ2n) is 8.65. The van der Waals surface area contributed by atoms with Gasteiger partial charge in [0.25, 0.3) is 6.02 Å². The van der Waals surface area contributed by atoms with Crippen LogP contribution < -0.4 is 10.5 Å². The molecule has 164 valence electrons. The van der Waals surface area contributed by atoms with Crippen molar-refractivity contribution >= 4 is 6.02 Å². The van der Waals surface area contributed by atoms with Gasteiger partial charge in [0.1, 0.15) is 18.1 Å². The topological polar surface area (TPSA) is 91.9 Å². The number of benzene rings is 1. The van der Waals surface area contributed by atoms with E-state index in [9.17, 15) is 4.39 Å². The third-order valence-electron chi connectivity index (χ3n) is 6.08. The molecule has 1 fully saturated rings. The second-order valence-corrected chi connectivity index (χ2v) is 8.65. The van der Waals surface area contributed by atoms with Gasteiger partial charge >= 0.3 is 0 Å². The van der Waals surface area contributed by atoms with Gasteiger partial charge in [-0.3, -0.25) is 0 Å². The van der Waals surface area contributed by atoms with Crippen LogP contribution in [0.5, 0.6) is 11.5 Å². The number of ether oxygens (including phenoxy) is 3. The number of nitrogens with two attached hydrogens (primary N) is 1. The van der Waals surface area contributed by atoms with Crippen LogP contribution in [0, 0.1) is 23.2 Å². The number of amidine groups is 1. The molecule has 7 nitrogen and oxygen atoms in total. The summed E-state index contributed by atoms with van der Waals surface area (Å²) in [6.07, 6.45) is 3.15. The number of halogens is 1. The Morgan fingerprint density at radius 2 is 1.79 bits per heavy atom. The van der Waals surface area contributed by atoms with Crippen molar-refractivity contribution in [1.82, 2.24) is 9.97 Å². The molecule has 3 aromatic rings. The molecule has 0 amide bonds. The van der Waals surface area contributed by atoms with E-state index in [0.717, 1.165) is 22.3 Å². The molecule has 1 saturated heterocycles. The molecule has 3 aliphatic heterocycles. The molecule has 3 aliphatic rings. The molecule has 0 radical (unpaired) electrons. The van der Waals surface area contributed by atoms with Crippen LogP contribution in [0.2, 0.25) is 0 Å². The molecule has 2 aromatic heterocycles. The van der Waals surface area contributed by atoms with Crippen molar-refractivity contribution in [2.45, 2.75) is 12.5 Å². The number of rotatable bonds is 1. The fraction of sp³-hybridized carbons (Fsp3) is 0.240. The first-order valence-electron chi connectivity index (χ1n) is 10.5. The first-order valence-corrected chi connectivity index (χ1v) is 10.5. The van der Waals surface area contributed by atoms with Crippen molar-refractivity contribution in [3.8, 4) is 34.5 Å². The average Bonchev–Trinajstić information content (AvgIpc) is 3.19. The second kappa shape index (κ2) is 7.02. The summed E-state index contributed by atoms with van der Waals surface area (Å²) < 4.78 is 30.4. The molecule has 1 spiro atoms. The Hall–Kier alpha value is -3.96. The quantitative estimate of drug-likeness (QED) is 0.459. The van der Waals surface area contributed by atoms with Crippen LogP contribution in [0.4, 0.5) is 4.39 Å². The molecule has 2 N–H and O–H groups in total. The summed E-state index contributed by atoms with van der Waals surface area (Å²) in [5, 5.41) is 0. The van der Waals surface area contributed by atoms with Crippen molar-refractivity contribution in [3.05, 3.63) is 71.6 Å². The zero-order valence-corrected chi connectivity index (χ0v) is 17.8. The summed E-state index contributed by atoms with van der Waals surface area (Å²) in [5.74, 6) is 7.08. The summed E-state index contributed by atoms with van der Waals surface area (Å²) in [6.45, 7) is 3.50. The monoisotopic (exact) mass is 442 g/mol. The fourth-order valence-corrected chi connectivity index (χ4v) is 4.25. The summed E-state index contributed by atoms with van der Waals surface area (Å²) >= 11 is 0. The summed E-state index contributed by atoms with van der Waals surface area (Å²) in [4.78, 5) is 12.9. The van der Waals surface area contributed by atoms with Gasteiger partial charge < -0.3 is 19.9 Å². The van der Waals surface area contributed by atoms with Crippen LogP contribution >= 0.6 is 0 Å². The van der Waals surface area contributed by atoms with E-state index < -0.39 is 11.5 Å². The van der Waals surface area contributed by atoms with E-state index in [4.69, 9.17) is 24.9 Å². The van der Waals surface area contributed by atoms with Gasteiger partial charge in [0.05, 0.1) is 24.8 Å². The van der Waals surface area contributed by atoms with E-state index in [1.807, 2.05) is 24.3 Å². The minimum atomic E-state index is -0.903. The smallest absolute Gasteiger partial charge is 0.283 e. The largest absolute Gasteiger partial charge is 0.462 e. The maximum absolute atomic E-state index is 13.3. The molecule has 5 heterocycles. The van der Waals surface area contributed by atoms with Crippen LogP contribution in [-0.2, 0) is 15.0 Å². The van der Waals surface area contributed by atoms with Crippen LogP contribution in [0.3, 0.4) is 0 Å². The highest BCUT2D eigenvalue weighted by Gasteiger charge is 2.47. The molecular formula is C25H19FN4O3. The lowest BCUT2D eigenvalue weighted by atomic mass is 9.80. The Morgan fingerprint density at radius 1 is 0.970 bits per heavy atom. The molecule has 1 atom stereocenters. The van der Waals surface area contributed by atoms with Crippen LogP contribution in [0.1, 0.15) is 23.7 Å². The van der Waals surface area contributed by atoms with Gasteiger partial charge in [-0.1, -0.05) is 12.0 Å². The first kappa shape index (κ1) is 19.7. The predicted octanol–water partition coefficient (Wildman–Crippen LogP) is 3.36. The lowest BCUT2D eigenvalue weighted by Gasteiger charge is -2.33. The van der Waals surface area contributed by atoms with Crippen molar-refractivity contribution in [3.63, 3.8) is 0 Å².